The van der Waals surface area contributed by atoms with E-state index in [9.17, 15) is 19.2 Å². The number of carbonyl (C=O) groups excluding carboxylic acids is 4. The van der Waals surface area contributed by atoms with E-state index in [1.807, 2.05) is 17.6 Å². The number of aryl methyl sites for hydroxylation is 1. The normalized spacial score (nSPS) is 13.2. The van der Waals surface area contributed by atoms with Gasteiger partial charge in [0.25, 0.3) is 17.7 Å². The number of imide groups is 2. The standard InChI is InChI=1S/C22H19Cl2N3O6/c1-3-32-17-8-12(6-14-20(29)26-22(31)27-21(14)30)7-16(24)19(17)33-10-18(28)25-13-5-4-11(2)15(23)9-13/h4-9H,3,10H2,1-2H3,(H,25,28)(H2,26,27,29,30,31). The van der Waals surface area contributed by atoms with E-state index in [4.69, 9.17) is 32.7 Å². The molecule has 3 N–H and O–H groups in total. The first-order valence-corrected chi connectivity index (χ1v) is 10.5. The SMILES string of the molecule is CCOc1cc(C=C2C(=O)NC(=O)NC2=O)cc(Cl)c1OCC(=O)Nc1ccc(C)c(Cl)c1. The number of hydrogen-bond acceptors (Lipinski definition) is 6. The molecule has 0 saturated carbocycles. The Morgan fingerprint density at radius 1 is 1.03 bits per heavy atom. The Hall–Kier alpha value is -3.56. The van der Waals surface area contributed by atoms with E-state index >= 15 is 0 Å². The van der Waals surface area contributed by atoms with E-state index in [0.717, 1.165) is 5.56 Å². The molecule has 0 unspecified atom stereocenters. The van der Waals surface area contributed by atoms with Crippen molar-refractivity contribution in [2.45, 2.75) is 13.8 Å². The van der Waals surface area contributed by atoms with E-state index in [2.05, 4.69) is 5.32 Å². The Morgan fingerprint density at radius 2 is 1.73 bits per heavy atom. The Labute approximate surface area is 199 Å². The van der Waals surface area contributed by atoms with Gasteiger partial charge in [-0.2, -0.15) is 0 Å². The third kappa shape index (κ3) is 6.03. The third-order valence-electron chi connectivity index (χ3n) is 4.39. The molecule has 5 amide bonds. The molecule has 2 aromatic rings. The van der Waals surface area contributed by atoms with Gasteiger partial charge < -0.3 is 14.8 Å². The van der Waals surface area contributed by atoms with E-state index in [0.29, 0.717) is 16.3 Å². The summed E-state index contributed by atoms with van der Waals surface area (Å²) in [6.45, 7) is 3.49. The predicted molar refractivity (Wildman–Crippen MR) is 123 cm³/mol. The summed E-state index contributed by atoms with van der Waals surface area (Å²) in [5.74, 6) is -1.81. The van der Waals surface area contributed by atoms with E-state index in [1.165, 1.54) is 18.2 Å². The van der Waals surface area contributed by atoms with Gasteiger partial charge in [-0.25, -0.2) is 4.79 Å². The highest BCUT2D eigenvalue weighted by molar-refractivity contribution is 6.33. The Kier molecular flexibility index (Phi) is 7.57. The highest BCUT2D eigenvalue weighted by atomic mass is 35.5. The van der Waals surface area contributed by atoms with Gasteiger partial charge in [-0.05, 0) is 55.3 Å². The lowest BCUT2D eigenvalue weighted by Gasteiger charge is -2.16. The van der Waals surface area contributed by atoms with Crippen LogP contribution in [-0.2, 0) is 14.4 Å². The molecule has 1 heterocycles. The van der Waals surface area contributed by atoms with Crippen LogP contribution in [0.5, 0.6) is 11.5 Å². The molecule has 0 bridgehead atoms. The van der Waals surface area contributed by atoms with Gasteiger partial charge in [-0.15, -0.1) is 0 Å². The van der Waals surface area contributed by atoms with Crippen LogP contribution >= 0.6 is 23.2 Å². The van der Waals surface area contributed by atoms with Gasteiger partial charge in [-0.3, -0.25) is 25.0 Å². The van der Waals surface area contributed by atoms with E-state index < -0.39 is 23.8 Å². The lowest BCUT2D eigenvalue weighted by Crippen LogP contribution is -2.51. The maximum atomic E-state index is 12.3. The molecule has 1 aliphatic heterocycles. The van der Waals surface area contributed by atoms with Gasteiger partial charge in [0.1, 0.15) is 5.57 Å². The monoisotopic (exact) mass is 491 g/mol. The third-order valence-corrected chi connectivity index (χ3v) is 5.08. The van der Waals surface area contributed by atoms with Crippen LogP contribution in [-0.4, -0.2) is 37.0 Å². The minimum absolute atomic E-state index is 0.0895. The van der Waals surface area contributed by atoms with Crippen LogP contribution < -0.4 is 25.4 Å². The second-order valence-electron chi connectivity index (χ2n) is 6.86. The minimum Gasteiger partial charge on any atom is -0.490 e. The van der Waals surface area contributed by atoms with Crippen LogP contribution in [0.3, 0.4) is 0 Å². The number of halogens is 2. The van der Waals surface area contributed by atoms with Gasteiger partial charge >= 0.3 is 6.03 Å². The van der Waals surface area contributed by atoms with Crippen molar-refractivity contribution in [2.75, 3.05) is 18.5 Å². The highest BCUT2D eigenvalue weighted by Crippen LogP contribution is 2.37. The maximum Gasteiger partial charge on any atom is 0.328 e. The fourth-order valence-corrected chi connectivity index (χ4v) is 3.31. The Morgan fingerprint density at radius 3 is 2.36 bits per heavy atom. The van der Waals surface area contributed by atoms with Gasteiger partial charge in [0.2, 0.25) is 0 Å². The first-order chi connectivity index (χ1) is 15.7. The lowest BCUT2D eigenvalue weighted by molar-refractivity contribution is -0.124. The molecule has 9 nitrogen and oxygen atoms in total. The van der Waals surface area contributed by atoms with Crippen molar-refractivity contribution in [2.24, 2.45) is 0 Å². The Bertz CT molecular complexity index is 1160. The molecule has 0 atom stereocenters. The van der Waals surface area contributed by atoms with Crippen LogP contribution in [0.4, 0.5) is 10.5 Å². The second-order valence-corrected chi connectivity index (χ2v) is 7.67. The summed E-state index contributed by atoms with van der Waals surface area (Å²) in [6.07, 6.45) is 1.25. The molecule has 0 aromatic heterocycles. The molecule has 0 radical (unpaired) electrons. The Balaban J connectivity index is 1.78. The van der Waals surface area contributed by atoms with Gasteiger partial charge in [0.15, 0.2) is 18.1 Å². The van der Waals surface area contributed by atoms with E-state index in [-0.39, 0.29) is 35.3 Å². The molecule has 3 rings (SSSR count). The lowest BCUT2D eigenvalue weighted by atomic mass is 10.1. The fraction of sp³-hybridized carbons (Fsp3) is 0.182. The van der Waals surface area contributed by atoms with E-state index in [1.54, 1.807) is 25.1 Å². The number of benzene rings is 2. The average Bonchev–Trinajstić information content (AvgIpc) is 2.73. The highest BCUT2D eigenvalue weighted by Gasteiger charge is 2.28. The zero-order valence-corrected chi connectivity index (χ0v) is 19.1. The molecule has 2 aromatic carbocycles. The number of carbonyl (C=O) groups is 4. The second kappa shape index (κ2) is 10.4. The first kappa shape index (κ1) is 24.1. The fourth-order valence-electron chi connectivity index (χ4n) is 2.85. The maximum absolute atomic E-state index is 12.3. The molecule has 172 valence electrons. The van der Waals surface area contributed by atoms with Crippen molar-refractivity contribution in [3.63, 3.8) is 0 Å². The summed E-state index contributed by atoms with van der Waals surface area (Å²) in [5, 5.41) is 7.25. The number of barbiturate groups is 1. The molecular weight excluding hydrogens is 473 g/mol. The number of anilines is 1. The van der Waals surface area contributed by atoms with Gasteiger partial charge in [-0.1, -0.05) is 29.3 Å². The summed E-state index contributed by atoms with van der Waals surface area (Å²) in [7, 11) is 0. The summed E-state index contributed by atoms with van der Waals surface area (Å²) in [4.78, 5) is 47.4. The zero-order chi connectivity index (χ0) is 24.1. The topological polar surface area (TPSA) is 123 Å². The number of urea groups is 1. The van der Waals surface area contributed by atoms with Crippen molar-refractivity contribution in [1.82, 2.24) is 10.6 Å². The molecule has 0 spiro atoms. The summed E-state index contributed by atoms with van der Waals surface area (Å²) >= 11 is 12.4. The predicted octanol–water partition coefficient (Wildman–Crippen LogP) is 3.47. The van der Waals surface area contributed by atoms with Crippen LogP contribution in [0.25, 0.3) is 6.08 Å². The largest absolute Gasteiger partial charge is 0.490 e. The van der Waals surface area contributed by atoms with Crippen LogP contribution in [0, 0.1) is 6.92 Å². The molecule has 33 heavy (non-hydrogen) atoms. The average molecular weight is 492 g/mol. The number of nitrogens with one attached hydrogen (secondary N) is 3. The van der Waals surface area contributed by atoms with Gasteiger partial charge in [0.05, 0.1) is 11.6 Å². The minimum atomic E-state index is -0.898. The smallest absolute Gasteiger partial charge is 0.328 e. The molecule has 1 saturated heterocycles. The molecule has 1 aliphatic rings. The zero-order valence-electron chi connectivity index (χ0n) is 17.6. The number of ether oxygens (including phenoxy) is 2. The molecule has 1 fully saturated rings. The van der Waals surface area contributed by atoms with Crippen molar-refractivity contribution in [3.8, 4) is 11.5 Å². The molecule has 11 heteroatoms. The number of hydrogen-bond donors (Lipinski definition) is 3. The number of amides is 5. The molecular formula is C22H19Cl2N3O6. The van der Waals surface area contributed by atoms with Crippen LogP contribution in [0.2, 0.25) is 10.0 Å². The first-order valence-electron chi connectivity index (χ1n) is 9.71. The summed E-state index contributed by atoms with van der Waals surface area (Å²) < 4.78 is 11.1. The van der Waals surface area contributed by atoms with Crippen molar-refractivity contribution >= 4 is 58.7 Å². The van der Waals surface area contributed by atoms with Crippen molar-refractivity contribution in [1.29, 1.82) is 0 Å². The van der Waals surface area contributed by atoms with Crippen LogP contribution in [0.15, 0.2) is 35.9 Å². The quantitative estimate of drug-likeness (QED) is 0.402. The van der Waals surface area contributed by atoms with Crippen molar-refractivity contribution in [3.05, 3.63) is 57.1 Å². The summed E-state index contributed by atoms with van der Waals surface area (Å²) in [6, 6.07) is 7.14. The number of rotatable bonds is 7. The van der Waals surface area contributed by atoms with Crippen LogP contribution in [0.1, 0.15) is 18.1 Å². The van der Waals surface area contributed by atoms with Crippen molar-refractivity contribution < 1.29 is 28.7 Å². The van der Waals surface area contributed by atoms with Gasteiger partial charge in [0, 0.05) is 10.7 Å². The molecule has 0 aliphatic carbocycles. The summed E-state index contributed by atoms with van der Waals surface area (Å²) in [5.41, 5.74) is 1.46.